The van der Waals surface area contributed by atoms with Gasteiger partial charge in [-0.1, -0.05) is 25.3 Å². The van der Waals surface area contributed by atoms with Crippen molar-refractivity contribution < 1.29 is 4.43 Å². The molecule has 0 aromatic heterocycles. The molecule has 0 spiro atoms. The highest BCUT2D eigenvalue weighted by molar-refractivity contribution is 6.49. The van der Waals surface area contributed by atoms with Gasteiger partial charge in [0.05, 0.1) is 11.6 Å². The molecule has 1 aliphatic carbocycles. The Hall–Kier alpha value is -1.27. The maximum absolute atomic E-state index is 9.00. The Morgan fingerprint density at radius 3 is 2.56 bits per heavy atom. The zero-order chi connectivity index (χ0) is 13.0. The van der Waals surface area contributed by atoms with Crippen LogP contribution >= 0.6 is 0 Å². The largest absolute Gasteiger partial charge is 0.542 e. The molecule has 0 unspecified atom stereocenters. The quantitative estimate of drug-likeness (QED) is 0.760. The fourth-order valence-electron chi connectivity index (χ4n) is 2.66. The molecule has 1 fully saturated rings. The number of hydrogen-bond acceptors (Lipinski definition) is 2. The van der Waals surface area contributed by atoms with E-state index in [0.29, 0.717) is 11.5 Å². The monoisotopic (exact) mass is 258 g/mol. The average Bonchev–Trinajstić information content (AvgIpc) is 2.39. The normalized spacial score (nSPS) is 16.6. The van der Waals surface area contributed by atoms with Gasteiger partial charge in [-0.2, -0.15) is 5.26 Å². The predicted molar refractivity (Wildman–Crippen MR) is 75.1 cm³/mol. The Kier molecular flexibility index (Phi) is 4.43. The molecule has 1 aromatic rings. The maximum Gasteiger partial charge on any atom is 0.274 e. The first-order valence-corrected chi connectivity index (χ1v) is 9.13. The Morgan fingerprint density at radius 2 is 1.94 bits per heavy atom. The second-order valence-corrected chi connectivity index (χ2v) is 7.23. The summed E-state index contributed by atoms with van der Waals surface area (Å²) in [5.41, 5.74) is 2.02. The van der Waals surface area contributed by atoms with E-state index < -0.39 is 9.04 Å². The highest BCUT2D eigenvalue weighted by Gasteiger charge is 2.20. The van der Waals surface area contributed by atoms with Crippen molar-refractivity contribution in [3.63, 3.8) is 0 Å². The fraction of sp³-hybridized carbons (Fsp3) is 0.533. The third-order valence-corrected chi connectivity index (χ3v) is 4.13. The van der Waals surface area contributed by atoms with Crippen LogP contribution in [-0.4, -0.2) is 9.04 Å². The highest BCUT2D eigenvalue weighted by Crippen LogP contribution is 2.38. The van der Waals surface area contributed by atoms with E-state index >= 15 is 0 Å². The Morgan fingerprint density at radius 1 is 1.22 bits per heavy atom. The van der Waals surface area contributed by atoms with Gasteiger partial charge in [0.15, 0.2) is 0 Å². The summed E-state index contributed by atoms with van der Waals surface area (Å²) >= 11 is 0. The summed E-state index contributed by atoms with van der Waals surface area (Å²) in [5, 5.41) is 9.00. The summed E-state index contributed by atoms with van der Waals surface area (Å²) in [5.74, 6) is 1.59. The van der Waals surface area contributed by atoms with Gasteiger partial charge in [0.1, 0.15) is 5.75 Å². The van der Waals surface area contributed by atoms with E-state index in [1.807, 2.05) is 12.1 Å². The van der Waals surface area contributed by atoms with Crippen molar-refractivity contribution >= 4 is 9.04 Å². The zero-order valence-corrected chi connectivity index (χ0v) is 12.2. The van der Waals surface area contributed by atoms with Gasteiger partial charge in [-0.25, -0.2) is 0 Å². The molecule has 1 saturated carbocycles. The van der Waals surface area contributed by atoms with Gasteiger partial charge in [-0.3, -0.25) is 0 Å². The topological polar surface area (TPSA) is 33.0 Å². The minimum Gasteiger partial charge on any atom is -0.542 e. The lowest BCUT2D eigenvalue weighted by molar-refractivity contribution is 0.433. The summed E-state index contributed by atoms with van der Waals surface area (Å²) in [6.45, 7) is 4.27. The highest BCUT2D eigenvalue weighted by atomic mass is 28.3. The molecule has 0 saturated heterocycles. The van der Waals surface area contributed by atoms with Crippen molar-refractivity contribution in [2.45, 2.75) is 51.1 Å². The molecule has 1 aliphatic rings. The molecule has 18 heavy (non-hydrogen) atoms. The van der Waals surface area contributed by atoms with Crippen LogP contribution in [0.15, 0.2) is 18.2 Å². The first-order chi connectivity index (χ1) is 8.70. The molecule has 0 amide bonds. The van der Waals surface area contributed by atoms with Crippen LogP contribution < -0.4 is 4.43 Å². The maximum atomic E-state index is 9.00. The van der Waals surface area contributed by atoms with Crippen LogP contribution in [-0.2, 0) is 0 Å². The molecule has 2 nitrogen and oxygen atoms in total. The van der Waals surface area contributed by atoms with Crippen LogP contribution in [0.5, 0.6) is 5.75 Å². The lowest BCUT2D eigenvalue weighted by atomic mass is 9.83. The standard InChI is InChI=1S/C15H20NOSi/c1-18(2)17-15-10-12(11-16)8-9-14(15)13-6-4-3-5-7-13/h8-10,13H,3-7H2,1-2H3. The summed E-state index contributed by atoms with van der Waals surface area (Å²) in [6, 6.07) is 8.15. The van der Waals surface area contributed by atoms with Crippen molar-refractivity contribution in [1.29, 1.82) is 5.26 Å². The van der Waals surface area contributed by atoms with E-state index in [4.69, 9.17) is 9.69 Å². The summed E-state index contributed by atoms with van der Waals surface area (Å²) in [4.78, 5) is 0. The molecule has 1 aromatic carbocycles. The number of benzene rings is 1. The Labute approximate surface area is 111 Å². The Bertz CT molecular complexity index is 444. The number of hydrogen-bond donors (Lipinski definition) is 0. The second-order valence-electron chi connectivity index (χ2n) is 5.21. The number of rotatable bonds is 3. The second kappa shape index (κ2) is 6.06. The molecule has 2 rings (SSSR count). The molecular formula is C15H20NOSi. The first-order valence-electron chi connectivity index (χ1n) is 6.73. The minimum atomic E-state index is -0.781. The SMILES string of the molecule is C[Si](C)Oc1cc(C#N)ccc1C1CCCCC1. The van der Waals surface area contributed by atoms with Gasteiger partial charge in [-0.15, -0.1) is 0 Å². The molecule has 1 radical (unpaired) electrons. The van der Waals surface area contributed by atoms with Gasteiger partial charge >= 0.3 is 0 Å². The molecule has 0 heterocycles. The smallest absolute Gasteiger partial charge is 0.274 e. The van der Waals surface area contributed by atoms with Crippen molar-refractivity contribution in [3.8, 4) is 11.8 Å². The Balaban J connectivity index is 2.29. The molecule has 0 atom stereocenters. The van der Waals surface area contributed by atoms with E-state index in [2.05, 4.69) is 25.2 Å². The van der Waals surface area contributed by atoms with Crippen molar-refractivity contribution in [2.24, 2.45) is 0 Å². The fourth-order valence-corrected chi connectivity index (χ4v) is 3.28. The van der Waals surface area contributed by atoms with Gasteiger partial charge < -0.3 is 4.43 Å². The molecule has 3 heteroatoms. The van der Waals surface area contributed by atoms with E-state index in [-0.39, 0.29) is 0 Å². The summed E-state index contributed by atoms with van der Waals surface area (Å²) in [6.07, 6.45) is 6.52. The predicted octanol–water partition coefficient (Wildman–Crippen LogP) is 4.24. The van der Waals surface area contributed by atoms with Crippen molar-refractivity contribution in [2.75, 3.05) is 0 Å². The van der Waals surface area contributed by atoms with Gasteiger partial charge in [-0.05, 0) is 49.5 Å². The third-order valence-electron chi connectivity index (χ3n) is 3.50. The van der Waals surface area contributed by atoms with Gasteiger partial charge in [0.25, 0.3) is 9.04 Å². The van der Waals surface area contributed by atoms with Crippen LogP contribution in [0.1, 0.15) is 49.1 Å². The summed E-state index contributed by atoms with van der Waals surface area (Å²) in [7, 11) is -0.781. The molecule has 0 bridgehead atoms. The van der Waals surface area contributed by atoms with Crippen molar-refractivity contribution in [3.05, 3.63) is 29.3 Å². The molecule has 0 N–H and O–H groups in total. The lowest BCUT2D eigenvalue weighted by Crippen LogP contribution is -2.14. The van der Waals surface area contributed by atoms with E-state index in [0.717, 1.165) is 5.75 Å². The van der Waals surface area contributed by atoms with Crippen molar-refractivity contribution in [1.82, 2.24) is 0 Å². The van der Waals surface area contributed by atoms with E-state index in [1.165, 1.54) is 37.7 Å². The van der Waals surface area contributed by atoms with Gasteiger partial charge in [0.2, 0.25) is 0 Å². The van der Waals surface area contributed by atoms with Crippen LogP contribution in [0.4, 0.5) is 0 Å². The minimum absolute atomic E-state index is 0.628. The van der Waals surface area contributed by atoms with Crippen LogP contribution in [0.3, 0.4) is 0 Å². The summed E-state index contributed by atoms with van der Waals surface area (Å²) < 4.78 is 5.99. The van der Waals surface area contributed by atoms with Gasteiger partial charge in [0, 0.05) is 0 Å². The first kappa shape index (κ1) is 13.2. The lowest BCUT2D eigenvalue weighted by Gasteiger charge is -2.25. The molecular weight excluding hydrogens is 238 g/mol. The average molecular weight is 258 g/mol. The van der Waals surface area contributed by atoms with Crippen LogP contribution in [0.2, 0.25) is 13.1 Å². The van der Waals surface area contributed by atoms with E-state index in [1.54, 1.807) is 0 Å². The van der Waals surface area contributed by atoms with Crippen LogP contribution in [0, 0.1) is 11.3 Å². The number of nitriles is 1. The van der Waals surface area contributed by atoms with Crippen LogP contribution in [0.25, 0.3) is 0 Å². The third kappa shape index (κ3) is 3.14. The zero-order valence-electron chi connectivity index (χ0n) is 11.2. The van der Waals surface area contributed by atoms with E-state index in [9.17, 15) is 0 Å². The molecule has 95 valence electrons. The number of nitrogens with zero attached hydrogens (tertiary/aromatic N) is 1. The molecule has 0 aliphatic heterocycles.